The second-order valence-electron chi connectivity index (χ2n) is 5.00. The van der Waals surface area contributed by atoms with Gasteiger partial charge in [0.2, 0.25) is 5.82 Å². The fourth-order valence-electron chi connectivity index (χ4n) is 2.05. The monoisotopic (exact) mass is 286 g/mol. The first-order valence-corrected chi connectivity index (χ1v) is 6.67. The molecule has 108 valence electrons. The molecule has 1 aromatic heterocycles. The first kappa shape index (κ1) is 13.3. The van der Waals surface area contributed by atoms with E-state index in [1.165, 1.54) is 0 Å². The number of carboxylic acid groups (broad SMARTS) is 1. The molecule has 3 rings (SSSR count). The molecule has 7 nitrogen and oxygen atoms in total. The summed E-state index contributed by atoms with van der Waals surface area (Å²) in [5.41, 5.74) is 0.999. The molecule has 1 heterocycles. The number of nitrogens with zero attached hydrogens (tertiary/aromatic N) is 2. The van der Waals surface area contributed by atoms with Crippen LogP contribution >= 0.6 is 0 Å². The van der Waals surface area contributed by atoms with Crippen LogP contribution in [-0.2, 0) is 11.2 Å². The maximum absolute atomic E-state index is 12.1. The Morgan fingerprint density at radius 2 is 2.10 bits per heavy atom. The lowest BCUT2D eigenvalue weighted by atomic mass is 10.1. The van der Waals surface area contributed by atoms with E-state index in [0.717, 1.165) is 18.7 Å². The summed E-state index contributed by atoms with van der Waals surface area (Å²) >= 11 is 0. The number of para-hydroxylation sites is 1. The standard InChI is InChI=1S/C14H14N4O3/c19-11(20)7-9-3-1-2-4-10(9)15-14(21)13-16-12(17-18-13)8-5-6-8/h1-4,8H,5-7H2,(H,15,21)(H,19,20)(H,16,17,18). The third-order valence-electron chi connectivity index (χ3n) is 3.28. The highest BCUT2D eigenvalue weighted by Crippen LogP contribution is 2.37. The summed E-state index contributed by atoms with van der Waals surface area (Å²) in [6.45, 7) is 0. The molecule has 1 aliphatic carbocycles. The molecule has 0 unspecified atom stereocenters. The zero-order valence-corrected chi connectivity index (χ0v) is 11.2. The van der Waals surface area contributed by atoms with Gasteiger partial charge in [0.1, 0.15) is 5.82 Å². The van der Waals surface area contributed by atoms with Crippen LogP contribution in [0.3, 0.4) is 0 Å². The molecule has 1 fully saturated rings. The van der Waals surface area contributed by atoms with Crippen LogP contribution in [0.1, 0.15) is 40.8 Å². The van der Waals surface area contributed by atoms with Gasteiger partial charge in [0, 0.05) is 11.6 Å². The molecule has 0 bridgehead atoms. The summed E-state index contributed by atoms with van der Waals surface area (Å²) in [7, 11) is 0. The maximum atomic E-state index is 12.1. The minimum atomic E-state index is -0.953. The molecule has 1 aliphatic rings. The zero-order valence-electron chi connectivity index (χ0n) is 11.2. The topological polar surface area (TPSA) is 108 Å². The minimum absolute atomic E-state index is 0.0713. The van der Waals surface area contributed by atoms with Crippen molar-refractivity contribution < 1.29 is 14.7 Å². The second-order valence-corrected chi connectivity index (χ2v) is 5.00. The van der Waals surface area contributed by atoms with E-state index in [0.29, 0.717) is 17.2 Å². The summed E-state index contributed by atoms with van der Waals surface area (Å²) in [6.07, 6.45) is 1.98. The molecule has 2 aromatic rings. The zero-order chi connectivity index (χ0) is 14.8. The number of rotatable bonds is 5. The number of carbonyl (C=O) groups excluding carboxylic acids is 1. The summed E-state index contributed by atoms with van der Waals surface area (Å²) in [5, 5.41) is 18.2. The SMILES string of the molecule is O=C(O)Cc1ccccc1NC(=O)c1n[nH]c(C2CC2)n1. The van der Waals surface area contributed by atoms with Crippen LogP contribution in [0.5, 0.6) is 0 Å². The third kappa shape index (κ3) is 3.07. The number of carboxylic acids is 1. The number of anilines is 1. The van der Waals surface area contributed by atoms with Crippen LogP contribution in [0.2, 0.25) is 0 Å². The lowest BCUT2D eigenvalue weighted by molar-refractivity contribution is -0.136. The van der Waals surface area contributed by atoms with E-state index < -0.39 is 11.9 Å². The Hall–Kier alpha value is -2.70. The molecule has 0 atom stereocenters. The molecule has 1 saturated carbocycles. The van der Waals surface area contributed by atoms with E-state index in [2.05, 4.69) is 20.5 Å². The quantitative estimate of drug-likeness (QED) is 0.773. The maximum Gasteiger partial charge on any atom is 0.307 e. The molecule has 1 amide bonds. The van der Waals surface area contributed by atoms with Crippen molar-refractivity contribution in [2.45, 2.75) is 25.2 Å². The van der Waals surface area contributed by atoms with Crippen LogP contribution in [0.15, 0.2) is 24.3 Å². The minimum Gasteiger partial charge on any atom is -0.481 e. The Labute approximate surface area is 120 Å². The number of aliphatic carboxylic acids is 1. The summed E-state index contributed by atoms with van der Waals surface area (Å²) in [4.78, 5) is 27.1. The Morgan fingerprint density at radius 3 is 2.81 bits per heavy atom. The van der Waals surface area contributed by atoms with Crippen LogP contribution < -0.4 is 5.32 Å². The first-order valence-electron chi connectivity index (χ1n) is 6.67. The molecule has 7 heteroatoms. The molecule has 1 aromatic carbocycles. The highest BCUT2D eigenvalue weighted by molar-refractivity contribution is 6.02. The molecule has 0 saturated heterocycles. The van der Waals surface area contributed by atoms with Gasteiger partial charge in [-0.25, -0.2) is 4.98 Å². The number of aromatic amines is 1. The number of benzene rings is 1. The van der Waals surface area contributed by atoms with Gasteiger partial charge in [-0.15, -0.1) is 5.10 Å². The van der Waals surface area contributed by atoms with Crippen LogP contribution in [0.4, 0.5) is 5.69 Å². The van der Waals surface area contributed by atoms with Crippen LogP contribution in [0.25, 0.3) is 0 Å². The number of hydrogen-bond donors (Lipinski definition) is 3. The normalized spacial score (nSPS) is 13.9. The fourth-order valence-corrected chi connectivity index (χ4v) is 2.05. The summed E-state index contributed by atoms with van der Waals surface area (Å²) in [6, 6.07) is 6.78. The van der Waals surface area contributed by atoms with Gasteiger partial charge >= 0.3 is 5.97 Å². The van der Waals surface area contributed by atoms with Gasteiger partial charge in [0.05, 0.1) is 6.42 Å². The van der Waals surface area contributed by atoms with Gasteiger partial charge in [-0.05, 0) is 24.5 Å². The van der Waals surface area contributed by atoms with E-state index in [1.807, 2.05) is 0 Å². The lowest BCUT2D eigenvalue weighted by Crippen LogP contribution is -2.16. The highest BCUT2D eigenvalue weighted by atomic mass is 16.4. The Bertz CT molecular complexity index is 691. The van der Waals surface area contributed by atoms with E-state index >= 15 is 0 Å². The number of carbonyl (C=O) groups is 2. The number of amides is 1. The van der Waals surface area contributed by atoms with Crippen molar-refractivity contribution in [3.05, 3.63) is 41.5 Å². The Balaban J connectivity index is 1.75. The van der Waals surface area contributed by atoms with E-state index in [1.54, 1.807) is 24.3 Å². The largest absolute Gasteiger partial charge is 0.481 e. The van der Waals surface area contributed by atoms with Crippen molar-refractivity contribution in [1.29, 1.82) is 0 Å². The number of aromatic nitrogens is 3. The van der Waals surface area contributed by atoms with Gasteiger partial charge in [-0.2, -0.15) is 0 Å². The Morgan fingerprint density at radius 1 is 1.33 bits per heavy atom. The number of nitrogens with one attached hydrogen (secondary N) is 2. The van der Waals surface area contributed by atoms with E-state index in [4.69, 9.17) is 5.11 Å². The number of H-pyrrole nitrogens is 1. The molecule has 0 spiro atoms. The van der Waals surface area contributed by atoms with Crippen molar-refractivity contribution in [3.63, 3.8) is 0 Å². The molecule has 3 N–H and O–H groups in total. The predicted octanol–water partition coefficient (Wildman–Crippen LogP) is 1.56. The Kier molecular flexibility index (Phi) is 3.39. The fraction of sp³-hybridized carbons (Fsp3) is 0.286. The first-order chi connectivity index (χ1) is 10.1. The van der Waals surface area contributed by atoms with Gasteiger partial charge in [0.15, 0.2) is 0 Å². The molecule has 0 radical (unpaired) electrons. The summed E-state index contributed by atoms with van der Waals surface area (Å²) in [5.74, 6) is -0.207. The van der Waals surface area contributed by atoms with Gasteiger partial charge in [-0.3, -0.25) is 14.7 Å². The van der Waals surface area contributed by atoms with Gasteiger partial charge < -0.3 is 10.4 Å². The lowest BCUT2D eigenvalue weighted by Gasteiger charge is -2.07. The summed E-state index contributed by atoms with van der Waals surface area (Å²) < 4.78 is 0. The number of hydrogen-bond acceptors (Lipinski definition) is 4. The van der Waals surface area contributed by atoms with Crippen LogP contribution in [-0.4, -0.2) is 32.2 Å². The average Bonchev–Trinajstić information content (AvgIpc) is 3.18. The van der Waals surface area contributed by atoms with Crippen molar-refractivity contribution in [3.8, 4) is 0 Å². The van der Waals surface area contributed by atoms with E-state index in [-0.39, 0.29) is 12.2 Å². The third-order valence-corrected chi connectivity index (χ3v) is 3.28. The van der Waals surface area contributed by atoms with Crippen molar-refractivity contribution >= 4 is 17.6 Å². The van der Waals surface area contributed by atoms with Crippen LogP contribution in [0, 0.1) is 0 Å². The predicted molar refractivity (Wildman–Crippen MR) is 74.1 cm³/mol. The molecule has 21 heavy (non-hydrogen) atoms. The molecule has 0 aliphatic heterocycles. The molecular weight excluding hydrogens is 272 g/mol. The van der Waals surface area contributed by atoms with Gasteiger partial charge in [0.25, 0.3) is 5.91 Å². The van der Waals surface area contributed by atoms with Crippen molar-refractivity contribution in [2.24, 2.45) is 0 Å². The highest BCUT2D eigenvalue weighted by Gasteiger charge is 2.28. The van der Waals surface area contributed by atoms with Crippen molar-refractivity contribution in [1.82, 2.24) is 15.2 Å². The van der Waals surface area contributed by atoms with E-state index in [9.17, 15) is 9.59 Å². The second kappa shape index (κ2) is 5.35. The van der Waals surface area contributed by atoms with Gasteiger partial charge in [-0.1, -0.05) is 18.2 Å². The smallest absolute Gasteiger partial charge is 0.307 e. The van der Waals surface area contributed by atoms with Crippen molar-refractivity contribution in [2.75, 3.05) is 5.32 Å². The average molecular weight is 286 g/mol. The molecular formula is C14H14N4O3.